The summed E-state index contributed by atoms with van der Waals surface area (Å²) in [5, 5.41) is 0.375. The molecule has 17 heavy (non-hydrogen) atoms. The van der Waals surface area contributed by atoms with Crippen LogP contribution in [0, 0.1) is 5.82 Å². The van der Waals surface area contributed by atoms with Crippen molar-refractivity contribution in [1.82, 2.24) is 15.4 Å². The number of hydrazine groups is 1. The van der Waals surface area contributed by atoms with Crippen LogP contribution in [-0.4, -0.2) is 9.97 Å². The third-order valence-electron chi connectivity index (χ3n) is 2.37. The van der Waals surface area contributed by atoms with E-state index in [1.807, 2.05) is 0 Å². The molecule has 0 bridgehead atoms. The highest BCUT2D eigenvalue weighted by Gasteiger charge is 2.16. The van der Waals surface area contributed by atoms with Crippen LogP contribution in [-0.2, 0) is 0 Å². The lowest BCUT2D eigenvalue weighted by atomic mass is 10.0. The molecule has 0 amide bonds. The van der Waals surface area contributed by atoms with Gasteiger partial charge in [0.1, 0.15) is 11.0 Å². The quantitative estimate of drug-likeness (QED) is 0.497. The first-order valence-electron chi connectivity index (χ1n) is 4.89. The number of rotatable bonds is 3. The largest absolute Gasteiger partial charge is 0.271 e. The molecule has 2 rings (SSSR count). The molecule has 0 aromatic carbocycles. The minimum atomic E-state index is -0.484. The van der Waals surface area contributed by atoms with E-state index in [2.05, 4.69) is 15.4 Å². The molecule has 2 aromatic heterocycles. The zero-order chi connectivity index (χ0) is 12.3. The molecule has 0 fully saturated rings. The second-order valence-electron chi connectivity index (χ2n) is 3.41. The van der Waals surface area contributed by atoms with Crippen LogP contribution in [0.1, 0.15) is 17.2 Å². The van der Waals surface area contributed by atoms with Crippen molar-refractivity contribution in [3.8, 4) is 0 Å². The van der Waals surface area contributed by atoms with Gasteiger partial charge in [-0.3, -0.25) is 10.8 Å². The van der Waals surface area contributed by atoms with Gasteiger partial charge < -0.3 is 0 Å². The maximum absolute atomic E-state index is 13.6. The Balaban J connectivity index is 2.40. The van der Waals surface area contributed by atoms with E-state index in [1.54, 1.807) is 24.4 Å². The van der Waals surface area contributed by atoms with Crippen LogP contribution in [0.5, 0.6) is 0 Å². The molecular formula is C11H10ClFN4. The Bertz CT molecular complexity index is 503. The Hall–Kier alpha value is -1.56. The van der Waals surface area contributed by atoms with Gasteiger partial charge in [-0.25, -0.2) is 14.8 Å². The zero-order valence-electron chi connectivity index (χ0n) is 8.77. The summed E-state index contributed by atoms with van der Waals surface area (Å²) in [5.41, 5.74) is 3.68. The van der Waals surface area contributed by atoms with Crippen molar-refractivity contribution in [2.45, 2.75) is 6.04 Å². The molecule has 2 aromatic rings. The fourth-order valence-corrected chi connectivity index (χ4v) is 1.66. The van der Waals surface area contributed by atoms with Gasteiger partial charge in [0.05, 0.1) is 12.2 Å². The Morgan fingerprint density at radius 1 is 1.29 bits per heavy atom. The second-order valence-corrected chi connectivity index (χ2v) is 3.80. The number of nitrogens with two attached hydrogens (primary N) is 1. The van der Waals surface area contributed by atoms with E-state index in [0.717, 1.165) is 11.8 Å². The van der Waals surface area contributed by atoms with Gasteiger partial charge in [-0.15, -0.1) is 0 Å². The van der Waals surface area contributed by atoms with Gasteiger partial charge in [-0.05, 0) is 17.7 Å². The van der Waals surface area contributed by atoms with E-state index < -0.39 is 11.9 Å². The molecule has 0 aliphatic heterocycles. The second kappa shape index (κ2) is 5.18. The van der Waals surface area contributed by atoms with E-state index in [0.29, 0.717) is 10.7 Å². The average Bonchev–Trinajstić information content (AvgIpc) is 2.35. The summed E-state index contributed by atoms with van der Waals surface area (Å²) in [6.07, 6.45) is 4.20. The molecule has 0 radical (unpaired) electrons. The van der Waals surface area contributed by atoms with Crippen LogP contribution in [0.3, 0.4) is 0 Å². The van der Waals surface area contributed by atoms with E-state index in [4.69, 9.17) is 17.4 Å². The minimum Gasteiger partial charge on any atom is -0.271 e. The molecule has 4 nitrogen and oxygen atoms in total. The molecule has 1 atom stereocenters. The summed E-state index contributed by atoms with van der Waals surface area (Å²) in [6.45, 7) is 0. The fraction of sp³-hybridized carbons (Fsp3) is 0.0909. The number of nitrogens with one attached hydrogen (secondary N) is 1. The first-order chi connectivity index (χ1) is 8.22. The number of halogens is 2. The lowest BCUT2D eigenvalue weighted by Gasteiger charge is -2.16. The molecule has 0 aliphatic rings. The Morgan fingerprint density at radius 2 is 2.12 bits per heavy atom. The highest BCUT2D eigenvalue weighted by molar-refractivity contribution is 6.29. The molecule has 3 N–H and O–H groups in total. The lowest BCUT2D eigenvalue weighted by Crippen LogP contribution is -2.29. The van der Waals surface area contributed by atoms with Crippen molar-refractivity contribution in [1.29, 1.82) is 0 Å². The normalized spacial score (nSPS) is 12.4. The van der Waals surface area contributed by atoms with E-state index >= 15 is 0 Å². The molecular weight excluding hydrogens is 243 g/mol. The summed E-state index contributed by atoms with van der Waals surface area (Å²) < 4.78 is 13.6. The molecule has 88 valence electrons. The topological polar surface area (TPSA) is 63.8 Å². The number of hydrogen-bond donors (Lipinski definition) is 2. The van der Waals surface area contributed by atoms with Gasteiger partial charge in [-0.2, -0.15) is 0 Å². The maximum Gasteiger partial charge on any atom is 0.146 e. The van der Waals surface area contributed by atoms with Gasteiger partial charge in [0, 0.05) is 18.0 Å². The van der Waals surface area contributed by atoms with Crippen molar-refractivity contribution in [2.24, 2.45) is 5.84 Å². The molecule has 2 heterocycles. The van der Waals surface area contributed by atoms with E-state index in [-0.39, 0.29) is 0 Å². The molecule has 6 heteroatoms. The summed E-state index contributed by atoms with van der Waals surface area (Å²) >= 11 is 5.69. The maximum atomic E-state index is 13.6. The van der Waals surface area contributed by atoms with Crippen molar-refractivity contribution in [3.05, 3.63) is 58.9 Å². The highest BCUT2D eigenvalue weighted by atomic mass is 35.5. The predicted octanol–water partition coefficient (Wildman–Crippen LogP) is 1.82. The first kappa shape index (κ1) is 11.9. The van der Waals surface area contributed by atoms with Crippen molar-refractivity contribution in [3.63, 3.8) is 0 Å². The van der Waals surface area contributed by atoms with Gasteiger partial charge in [0.15, 0.2) is 0 Å². The summed E-state index contributed by atoms with van der Waals surface area (Å²) in [4.78, 5) is 7.62. The average molecular weight is 253 g/mol. The van der Waals surface area contributed by atoms with Gasteiger partial charge in [0.25, 0.3) is 0 Å². The highest BCUT2D eigenvalue weighted by Crippen LogP contribution is 2.23. The fourth-order valence-electron chi connectivity index (χ4n) is 1.54. The molecule has 0 spiro atoms. The molecule has 0 aliphatic carbocycles. The van der Waals surface area contributed by atoms with Crippen LogP contribution in [0.25, 0.3) is 0 Å². The van der Waals surface area contributed by atoms with Crippen LogP contribution in [0.2, 0.25) is 5.15 Å². The number of pyridine rings is 2. The van der Waals surface area contributed by atoms with Crippen LogP contribution >= 0.6 is 11.6 Å². The third kappa shape index (κ3) is 2.58. The number of aromatic nitrogens is 2. The summed E-state index contributed by atoms with van der Waals surface area (Å²) in [7, 11) is 0. The Kier molecular flexibility index (Phi) is 3.63. The van der Waals surface area contributed by atoms with E-state index in [1.165, 1.54) is 6.20 Å². The molecule has 0 saturated heterocycles. The monoisotopic (exact) mass is 252 g/mol. The van der Waals surface area contributed by atoms with Crippen LogP contribution < -0.4 is 11.3 Å². The van der Waals surface area contributed by atoms with Crippen LogP contribution in [0.4, 0.5) is 4.39 Å². The third-order valence-corrected chi connectivity index (χ3v) is 2.59. The smallest absolute Gasteiger partial charge is 0.146 e. The van der Waals surface area contributed by atoms with Gasteiger partial charge in [-0.1, -0.05) is 17.7 Å². The predicted molar refractivity (Wildman–Crippen MR) is 62.6 cm³/mol. The molecule has 1 unspecified atom stereocenters. The van der Waals surface area contributed by atoms with Crippen molar-refractivity contribution >= 4 is 11.6 Å². The standard InChI is InChI=1S/C11H10ClFN4/c12-10-2-1-7(5-16-10)11(17-14)8-3-4-15-6-9(8)13/h1-6,11,17H,14H2. The van der Waals surface area contributed by atoms with Gasteiger partial charge >= 0.3 is 0 Å². The summed E-state index contributed by atoms with van der Waals surface area (Å²) in [6, 6.07) is 4.44. The Labute approximate surface area is 103 Å². The van der Waals surface area contributed by atoms with Crippen LogP contribution in [0.15, 0.2) is 36.8 Å². The minimum absolute atomic E-state index is 0.375. The van der Waals surface area contributed by atoms with Crippen molar-refractivity contribution in [2.75, 3.05) is 0 Å². The number of nitrogens with zero attached hydrogens (tertiary/aromatic N) is 2. The lowest BCUT2D eigenvalue weighted by molar-refractivity contribution is 0.555. The van der Waals surface area contributed by atoms with Gasteiger partial charge in [0.2, 0.25) is 0 Å². The number of hydrogen-bond acceptors (Lipinski definition) is 4. The van der Waals surface area contributed by atoms with E-state index in [9.17, 15) is 4.39 Å². The molecule has 0 saturated carbocycles. The zero-order valence-corrected chi connectivity index (χ0v) is 9.53. The van der Waals surface area contributed by atoms with Crippen molar-refractivity contribution < 1.29 is 4.39 Å². The Morgan fingerprint density at radius 3 is 2.71 bits per heavy atom. The summed E-state index contributed by atoms with van der Waals surface area (Å²) in [5.74, 6) is 5.02. The first-order valence-corrected chi connectivity index (χ1v) is 5.27. The SMILES string of the molecule is NNC(c1ccc(Cl)nc1)c1ccncc1F.